The van der Waals surface area contributed by atoms with E-state index in [2.05, 4.69) is 40.6 Å². The van der Waals surface area contributed by atoms with Crippen molar-refractivity contribution in [1.29, 1.82) is 0 Å². The molecule has 1 amide bonds. The topological polar surface area (TPSA) is 88.0 Å². The van der Waals surface area contributed by atoms with Crippen LogP contribution in [0.15, 0.2) is 54.6 Å². The maximum atomic E-state index is 12.5. The van der Waals surface area contributed by atoms with E-state index in [9.17, 15) is 14.9 Å². The van der Waals surface area contributed by atoms with E-state index >= 15 is 0 Å². The van der Waals surface area contributed by atoms with Crippen molar-refractivity contribution in [2.45, 2.75) is 25.2 Å². The highest BCUT2D eigenvalue weighted by molar-refractivity contribution is 6.35. The Labute approximate surface area is 167 Å². The van der Waals surface area contributed by atoms with E-state index in [1.807, 2.05) is 6.07 Å². The summed E-state index contributed by atoms with van der Waals surface area (Å²) >= 11 is 0. The zero-order valence-corrected chi connectivity index (χ0v) is 15.6. The molecule has 2 aliphatic rings. The average Bonchev–Trinajstić information content (AvgIpc) is 3.28. The van der Waals surface area contributed by atoms with Gasteiger partial charge in [0.1, 0.15) is 0 Å². The number of carbonyl (C=O) groups is 1. The van der Waals surface area contributed by atoms with E-state index in [0.717, 1.165) is 25.0 Å². The molecule has 2 heterocycles. The summed E-state index contributed by atoms with van der Waals surface area (Å²) in [5, 5.41) is 13.9. The highest BCUT2D eigenvalue weighted by atomic mass is 16.6. The number of rotatable bonds is 3. The second-order valence-corrected chi connectivity index (χ2v) is 7.51. The lowest BCUT2D eigenvalue weighted by Gasteiger charge is -2.22. The first-order valence-electron chi connectivity index (χ1n) is 9.69. The molecule has 1 aliphatic carbocycles. The van der Waals surface area contributed by atoms with Gasteiger partial charge in [-0.25, -0.2) is 0 Å². The highest BCUT2D eigenvalue weighted by Gasteiger charge is 2.28. The third-order valence-corrected chi connectivity index (χ3v) is 5.75. The molecule has 3 aromatic rings. The van der Waals surface area contributed by atoms with Gasteiger partial charge < -0.3 is 10.3 Å². The summed E-state index contributed by atoms with van der Waals surface area (Å²) in [6.07, 6.45) is 4.99. The van der Waals surface area contributed by atoms with Crippen molar-refractivity contribution < 1.29 is 9.72 Å². The van der Waals surface area contributed by atoms with Gasteiger partial charge in [0, 0.05) is 40.7 Å². The van der Waals surface area contributed by atoms with Gasteiger partial charge in [-0.3, -0.25) is 14.9 Å². The summed E-state index contributed by atoms with van der Waals surface area (Å²) in [5.74, 6) is 0.0989. The van der Waals surface area contributed by atoms with E-state index in [-0.39, 0.29) is 11.6 Å². The number of anilines is 1. The fraction of sp³-hybridized carbons (Fsp3) is 0.174. The molecule has 144 valence electrons. The molecule has 1 unspecified atom stereocenters. The number of nitro benzene ring substituents is 1. The van der Waals surface area contributed by atoms with Crippen LogP contribution in [0.4, 0.5) is 11.4 Å². The Bertz CT molecular complexity index is 1160. The Morgan fingerprint density at radius 1 is 1.10 bits per heavy atom. The number of nitrogens with one attached hydrogen (secondary N) is 2. The van der Waals surface area contributed by atoms with Crippen LogP contribution in [0, 0.1) is 10.1 Å². The molecular formula is C23H19N3O3. The molecule has 0 fully saturated rings. The van der Waals surface area contributed by atoms with Crippen LogP contribution in [0.5, 0.6) is 0 Å². The van der Waals surface area contributed by atoms with Crippen molar-refractivity contribution in [3.8, 4) is 0 Å². The van der Waals surface area contributed by atoms with E-state index in [0.29, 0.717) is 22.7 Å². The van der Waals surface area contributed by atoms with Gasteiger partial charge in [0.05, 0.1) is 10.5 Å². The van der Waals surface area contributed by atoms with Crippen LogP contribution in [-0.4, -0.2) is 15.8 Å². The molecule has 6 nitrogen and oxygen atoms in total. The molecule has 0 spiro atoms. The molecule has 0 radical (unpaired) electrons. The number of non-ortho nitro benzene ring substituents is 1. The van der Waals surface area contributed by atoms with Gasteiger partial charge in [0.2, 0.25) is 0 Å². The minimum Gasteiger partial charge on any atom is -0.359 e. The van der Waals surface area contributed by atoms with Gasteiger partial charge in [-0.2, -0.15) is 0 Å². The second-order valence-electron chi connectivity index (χ2n) is 7.51. The number of amides is 1. The van der Waals surface area contributed by atoms with Crippen LogP contribution in [0.3, 0.4) is 0 Å². The molecule has 1 aliphatic heterocycles. The smallest absolute Gasteiger partial charge is 0.270 e. The molecule has 0 bridgehead atoms. The molecule has 0 saturated carbocycles. The lowest BCUT2D eigenvalue weighted by atomic mass is 9.82. The van der Waals surface area contributed by atoms with Crippen molar-refractivity contribution in [2.24, 2.45) is 0 Å². The molecule has 1 atom stereocenters. The second kappa shape index (κ2) is 6.74. The first-order valence-corrected chi connectivity index (χ1v) is 9.69. The Morgan fingerprint density at radius 2 is 1.93 bits per heavy atom. The summed E-state index contributed by atoms with van der Waals surface area (Å²) in [7, 11) is 0. The molecule has 29 heavy (non-hydrogen) atoms. The number of nitro groups is 1. The van der Waals surface area contributed by atoms with Gasteiger partial charge in [-0.1, -0.05) is 30.3 Å². The van der Waals surface area contributed by atoms with Gasteiger partial charge >= 0.3 is 0 Å². The maximum Gasteiger partial charge on any atom is 0.270 e. The van der Waals surface area contributed by atoms with Crippen LogP contribution in [0.1, 0.15) is 46.8 Å². The first-order chi connectivity index (χ1) is 14.1. The van der Waals surface area contributed by atoms with Crippen molar-refractivity contribution >= 4 is 28.9 Å². The van der Waals surface area contributed by atoms with Crippen LogP contribution in [0.2, 0.25) is 0 Å². The van der Waals surface area contributed by atoms with Crippen LogP contribution in [-0.2, 0) is 11.2 Å². The predicted octanol–water partition coefficient (Wildman–Crippen LogP) is 4.88. The highest BCUT2D eigenvalue weighted by Crippen LogP contribution is 2.39. The van der Waals surface area contributed by atoms with Gasteiger partial charge in [-0.05, 0) is 48.6 Å². The van der Waals surface area contributed by atoms with Crippen LogP contribution >= 0.6 is 0 Å². The summed E-state index contributed by atoms with van der Waals surface area (Å²) < 4.78 is 0. The standard InChI is InChI=1S/C23H19N3O3/c27-23-20(19-13-16(26(28)29)9-10-22(19)25-23)12-15-11-18-17(7-4-8-21(18)24-15)14-5-2-1-3-6-14/h1-3,5-6,9-13,17,24H,4,7-8H2,(H,25,27). The number of H-pyrrole nitrogens is 1. The quantitative estimate of drug-likeness (QED) is 0.382. The SMILES string of the molecule is O=C1Nc2ccc([N+](=O)[O-])cc2C1=Cc1cc2c([nH]1)CCCC2c1ccccc1. The third kappa shape index (κ3) is 3.02. The van der Waals surface area contributed by atoms with E-state index in [1.165, 1.54) is 29.0 Å². The maximum absolute atomic E-state index is 12.5. The number of fused-ring (bicyclic) bond motifs is 2. The molecular weight excluding hydrogens is 366 g/mol. The number of hydrogen-bond donors (Lipinski definition) is 2. The lowest BCUT2D eigenvalue weighted by Crippen LogP contribution is -2.09. The molecule has 2 aromatic carbocycles. The number of carbonyl (C=O) groups excluding carboxylic acids is 1. The third-order valence-electron chi connectivity index (χ3n) is 5.75. The fourth-order valence-electron chi connectivity index (χ4n) is 4.39. The monoisotopic (exact) mass is 385 g/mol. The molecule has 1 aromatic heterocycles. The zero-order valence-electron chi connectivity index (χ0n) is 15.6. The number of aryl methyl sites for hydroxylation is 1. The summed E-state index contributed by atoms with van der Waals surface area (Å²) in [6.45, 7) is 0. The first kappa shape index (κ1) is 17.4. The average molecular weight is 385 g/mol. The van der Waals surface area contributed by atoms with Crippen molar-refractivity contribution in [2.75, 3.05) is 5.32 Å². The number of aromatic amines is 1. The van der Waals surface area contributed by atoms with Crippen LogP contribution < -0.4 is 5.32 Å². The molecule has 6 heteroatoms. The van der Waals surface area contributed by atoms with Gasteiger partial charge in [0.15, 0.2) is 0 Å². The normalized spacial score (nSPS) is 19.0. The summed E-state index contributed by atoms with van der Waals surface area (Å²) in [6, 6.07) is 17.0. The Morgan fingerprint density at radius 3 is 2.72 bits per heavy atom. The molecule has 0 saturated heterocycles. The lowest BCUT2D eigenvalue weighted by molar-refractivity contribution is -0.384. The number of hydrogen-bond acceptors (Lipinski definition) is 3. The predicted molar refractivity (Wildman–Crippen MR) is 112 cm³/mol. The van der Waals surface area contributed by atoms with E-state index < -0.39 is 4.92 Å². The largest absolute Gasteiger partial charge is 0.359 e. The van der Waals surface area contributed by atoms with Gasteiger partial charge in [-0.15, -0.1) is 0 Å². The minimum absolute atomic E-state index is 0.0268. The Hall–Kier alpha value is -3.67. The van der Waals surface area contributed by atoms with Crippen molar-refractivity contribution in [3.63, 3.8) is 0 Å². The minimum atomic E-state index is -0.446. The van der Waals surface area contributed by atoms with Crippen molar-refractivity contribution in [3.05, 3.63) is 92.8 Å². The molecule has 2 N–H and O–H groups in total. The zero-order chi connectivity index (χ0) is 20.0. The fourth-order valence-corrected chi connectivity index (χ4v) is 4.39. The van der Waals surface area contributed by atoms with Crippen LogP contribution in [0.25, 0.3) is 11.6 Å². The summed E-state index contributed by atoms with van der Waals surface area (Å²) in [5.41, 5.74) is 6.21. The Balaban J connectivity index is 1.55. The number of aromatic nitrogens is 1. The van der Waals surface area contributed by atoms with E-state index in [4.69, 9.17) is 0 Å². The number of benzene rings is 2. The Kier molecular flexibility index (Phi) is 4.05. The molecule has 5 rings (SSSR count). The number of nitrogens with zero attached hydrogens (tertiary/aromatic N) is 1. The van der Waals surface area contributed by atoms with Crippen molar-refractivity contribution in [1.82, 2.24) is 4.98 Å². The summed E-state index contributed by atoms with van der Waals surface area (Å²) in [4.78, 5) is 26.6. The van der Waals surface area contributed by atoms with E-state index in [1.54, 1.807) is 12.1 Å². The van der Waals surface area contributed by atoms with Gasteiger partial charge in [0.25, 0.3) is 11.6 Å².